The van der Waals surface area contributed by atoms with Crippen LogP contribution in [0.3, 0.4) is 0 Å². The van der Waals surface area contributed by atoms with E-state index in [0.717, 1.165) is 5.56 Å². The molecular formula is C19H22ClNO4. The molecule has 0 aliphatic rings. The van der Waals surface area contributed by atoms with E-state index in [4.69, 9.17) is 25.8 Å². The smallest absolute Gasteiger partial charge is 0.255 e. The number of carbonyl (C=O) groups excluding carboxylic acids is 1. The van der Waals surface area contributed by atoms with E-state index < -0.39 is 0 Å². The summed E-state index contributed by atoms with van der Waals surface area (Å²) >= 11 is 6.09. The van der Waals surface area contributed by atoms with Crippen molar-refractivity contribution in [3.8, 4) is 17.2 Å². The van der Waals surface area contributed by atoms with E-state index in [9.17, 15) is 4.79 Å². The molecule has 5 nitrogen and oxygen atoms in total. The molecular weight excluding hydrogens is 342 g/mol. The second-order valence-electron chi connectivity index (χ2n) is 5.79. The third kappa shape index (κ3) is 4.57. The number of hydrogen-bond donors (Lipinski definition) is 1. The maximum Gasteiger partial charge on any atom is 0.255 e. The van der Waals surface area contributed by atoms with Gasteiger partial charge in [0, 0.05) is 16.7 Å². The van der Waals surface area contributed by atoms with Crippen molar-refractivity contribution in [2.24, 2.45) is 0 Å². The first kappa shape index (κ1) is 18.9. The fourth-order valence-electron chi connectivity index (χ4n) is 2.28. The highest BCUT2D eigenvalue weighted by Gasteiger charge is 2.15. The summed E-state index contributed by atoms with van der Waals surface area (Å²) in [6.45, 7) is 5.71. The molecule has 0 aliphatic heterocycles. The van der Waals surface area contributed by atoms with Crippen molar-refractivity contribution in [1.29, 1.82) is 0 Å². The minimum atomic E-state index is -0.283. The van der Waals surface area contributed by atoms with Crippen molar-refractivity contribution in [3.63, 3.8) is 0 Å². The highest BCUT2D eigenvalue weighted by Crippen LogP contribution is 2.32. The average molecular weight is 364 g/mol. The number of aryl methyl sites for hydroxylation is 1. The van der Waals surface area contributed by atoms with Crippen molar-refractivity contribution in [3.05, 3.63) is 46.5 Å². The Bertz CT molecular complexity index is 774. The molecule has 0 saturated carbocycles. The van der Waals surface area contributed by atoms with Crippen LogP contribution in [0.5, 0.6) is 17.2 Å². The van der Waals surface area contributed by atoms with Crippen molar-refractivity contribution >= 4 is 23.2 Å². The summed E-state index contributed by atoms with van der Waals surface area (Å²) in [4.78, 5) is 12.6. The summed E-state index contributed by atoms with van der Waals surface area (Å²) in [5.41, 5.74) is 1.84. The lowest BCUT2D eigenvalue weighted by Crippen LogP contribution is -2.13. The number of ether oxygens (including phenoxy) is 3. The van der Waals surface area contributed by atoms with Gasteiger partial charge in [0.15, 0.2) is 11.5 Å². The van der Waals surface area contributed by atoms with Gasteiger partial charge in [0.05, 0.1) is 26.0 Å². The zero-order valence-corrected chi connectivity index (χ0v) is 15.7. The first-order chi connectivity index (χ1) is 11.8. The first-order valence-electron chi connectivity index (χ1n) is 7.86. The van der Waals surface area contributed by atoms with E-state index in [-0.39, 0.29) is 12.0 Å². The third-order valence-electron chi connectivity index (χ3n) is 3.52. The quantitative estimate of drug-likeness (QED) is 0.807. The Morgan fingerprint density at radius 1 is 1.04 bits per heavy atom. The number of nitrogens with one attached hydrogen (secondary N) is 1. The van der Waals surface area contributed by atoms with Crippen LogP contribution in [0.1, 0.15) is 29.8 Å². The van der Waals surface area contributed by atoms with Crippen LogP contribution in [-0.2, 0) is 0 Å². The van der Waals surface area contributed by atoms with Crippen LogP contribution in [0.15, 0.2) is 30.3 Å². The van der Waals surface area contributed by atoms with Crippen LogP contribution in [0, 0.1) is 6.92 Å². The molecule has 0 heterocycles. The minimum Gasteiger partial charge on any atom is -0.495 e. The van der Waals surface area contributed by atoms with Gasteiger partial charge in [-0.1, -0.05) is 11.6 Å². The van der Waals surface area contributed by atoms with E-state index in [1.54, 1.807) is 30.3 Å². The Morgan fingerprint density at radius 3 is 2.32 bits per heavy atom. The van der Waals surface area contributed by atoms with E-state index in [1.807, 2.05) is 20.8 Å². The van der Waals surface area contributed by atoms with Gasteiger partial charge in [-0.25, -0.2) is 0 Å². The van der Waals surface area contributed by atoms with Gasteiger partial charge in [-0.2, -0.15) is 0 Å². The Morgan fingerprint density at radius 2 is 1.72 bits per heavy atom. The Hall–Kier alpha value is -2.40. The molecule has 2 aromatic carbocycles. The van der Waals surface area contributed by atoms with Crippen molar-refractivity contribution in [1.82, 2.24) is 0 Å². The Labute approximate surface area is 152 Å². The molecule has 0 unspecified atom stereocenters. The predicted molar refractivity (Wildman–Crippen MR) is 99.5 cm³/mol. The zero-order chi connectivity index (χ0) is 18.6. The van der Waals surface area contributed by atoms with Gasteiger partial charge in [0.1, 0.15) is 5.75 Å². The molecule has 0 spiro atoms. The van der Waals surface area contributed by atoms with Gasteiger partial charge in [-0.15, -0.1) is 0 Å². The lowest BCUT2D eigenvalue weighted by Gasteiger charge is -2.15. The molecule has 2 aromatic rings. The summed E-state index contributed by atoms with van der Waals surface area (Å²) in [5.74, 6) is 1.31. The van der Waals surface area contributed by atoms with E-state index in [1.165, 1.54) is 14.2 Å². The number of anilines is 1. The largest absolute Gasteiger partial charge is 0.495 e. The highest BCUT2D eigenvalue weighted by molar-refractivity contribution is 6.31. The predicted octanol–water partition coefficient (Wildman–Crippen LogP) is 4.71. The molecule has 1 N–H and O–H groups in total. The molecule has 0 fully saturated rings. The van der Waals surface area contributed by atoms with Gasteiger partial charge in [0.2, 0.25) is 0 Å². The average Bonchev–Trinajstić information content (AvgIpc) is 2.57. The van der Waals surface area contributed by atoms with Crippen LogP contribution in [-0.4, -0.2) is 26.2 Å². The standard InChI is InChI=1S/C19H22ClNO4/c1-11(2)25-16-7-6-13(9-18(16)24-5)19(22)21-15-8-12(3)14(20)10-17(15)23-4/h6-11H,1-5H3,(H,21,22). The van der Waals surface area contributed by atoms with Gasteiger partial charge in [-0.05, 0) is 50.6 Å². The number of carbonyl (C=O) groups is 1. The fraction of sp³-hybridized carbons (Fsp3) is 0.316. The van der Waals surface area contributed by atoms with Gasteiger partial charge in [-0.3, -0.25) is 4.79 Å². The number of hydrogen-bond acceptors (Lipinski definition) is 4. The molecule has 0 saturated heterocycles. The second kappa shape index (κ2) is 8.12. The lowest BCUT2D eigenvalue weighted by molar-refractivity contribution is 0.102. The summed E-state index contributed by atoms with van der Waals surface area (Å²) in [6.07, 6.45) is 0.00915. The number of halogens is 1. The van der Waals surface area contributed by atoms with Crippen LogP contribution < -0.4 is 19.5 Å². The number of methoxy groups -OCH3 is 2. The molecule has 25 heavy (non-hydrogen) atoms. The summed E-state index contributed by atoms with van der Waals surface area (Å²) in [5, 5.41) is 3.41. The number of rotatable bonds is 6. The van der Waals surface area contributed by atoms with E-state index in [2.05, 4.69) is 5.32 Å². The van der Waals surface area contributed by atoms with Crippen LogP contribution in [0.25, 0.3) is 0 Å². The SMILES string of the molecule is COc1cc(Cl)c(C)cc1NC(=O)c1ccc(OC(C)C)c(OC)c1. The normalized spacial score (nSPS) is 10.5. The zero-order valence-electron chi connectivity index (χ0n) is 15.0. The molecule has 1 amide bonds. The lowest BCUT2D eigenvalue weighted by atomic mass is 10.1. The third-order valence-corrected chi connectivity index (χ3v) is 3.92. The maximum atomic E-state index is 12.6. The van der Waals surface area contributed by atoms with Crippen LogP contribution in [0.4, 0.5) is 5.69 Å². The molecule has 0 radical (unpaired) electrons. The summed E-state index contributed by atoms with van der Waals surface area (Å²) in [6, 6.07) is 8.49. The Balaban J connectivity index is 2.28. The molecule has 0 aliphatic carbocycles. The highest BCUT2D eigenvalue weighted by atomic mass is 35.5. The monoisotopic (exact) mass is 363 g/mol. The fourth-order valence-corrected chi connectivity index (χ4v) is 2.44. The number of benzene rings is 2. The van der Waals surface area contributed by atoms with E-state index >= 15 is 0 Å². The molecule has 6 heteroatoms. The molecule has 0 aromatic heterocycles. The van der Waals surface area contributed by atoms with Crippen LogP contribution >= 0.6 is 11.6 Å². The Kier molecular flexibility index (Phi) is 6.15. The molecule has 0 bridgehead atoms. The molecule has 134 valence electrons. The van der Waals surface area contributed by atoms with Crippen molar-refractivity contribution in [2.75, 3.05) is 19.5 Å². The summed E-state index contributed by atoms with van der Waals surface area (Å²) < 4.78 is 16.3. The topological polar surface area (TPSA) is 56.8 Å². The maximum absolute atomic E-state index is 12.6. The van der Waals surface area contributed by atoms with Gasteiger partial charge < -0.3 is 19.5 Å². The first-order valence-corrected chi connectivity index (χ1v) is 8.23. The molecule has 0 atom stereocenters. The second-order valence-corrected chi connectivity index (χ2v) is 6.20. The molecule has 2 rings (SSSR count). The summed E-state index contributed by atoms with van der Waals surface area (Å²) in [7, 11) is 3.06. The number of amides is 1. The van der Waals surface area contributed by atoms with E-state index in [0.29, 0.717) is 33.5 Å². The minimum absolute atomic E-state index is 0.00915. The van der Waals surface area contributed by atoms with Gasteiger partial charge >= 0.3 is 0 Å². The van der Waals surface area contributed by atoms with Crippen LogP contribution in [0.2, 0.25) is 5.02 Å². The van der Waals surface area contributed by atoms with Crippen molar-refractivity contribution in [2.45, 2.75) is 26.9 Å². The van der Waals surface area contributed by atoms with Crippen molar-refractivity contribution < 1.29 is 19.0 Å². The van der Waals surface area contributed by atoms with Gasteiger partial charge in [0.25, 0.3) is 5.91 Å².